The average molecular weight is 262 g/mol. The lowest BCUT2D eigenvalue weighted by Crippen LogP contribution is -2.09. The first-order valence-corrected chi connectivity index (χ1v) is 7.33. The zero-order chi connectivity index (χ0) is 14.3. The zero-order valence-electron chi connectivity index (χ0n) is 12.7. The summed E-state index contributed by atoms with van der Waals surface area (Å²) in [6, 6.07) is 4.05. The highest BCUT2D eigenvalue weighted by atomic mass is 16.5. The van der Waals surface area contributed by atoms with E-state index in [2.05, 4.69) is 13.0 Å². The molecule has 1 aromatic carbocycles. The van der Waals surface area contributed by atoms with E-state index in [0.717, 1.165) is 29.7 Å². The monoisotopic (exact) mass is 262 g/mol. The molecule has 0 radical (unpaired) electrons. The molecule has 2 nitrogen and oxygen atoms in total. The summed E-state index contributed by atoms with van der Waals surface area (Å²) < 4.78 is 5.47. The van der Waals surface area contributed by atoms with E-state index in [1.54, 1.807) is 0 Å². The van der Waals surface area contributed by atoms with Crippen molar-refractivity contribution in [2.24, 2.45) is 0 Å². The average Bonchev–Trinajstić information content (AvgIpc) is 2.35. The highest BCUT2D eigenvalue weighted by molar-refractivity contribution is 5.73. The number of hydrogen-bond donors (Lipinski definition) is 0. The fourth-order valence-electron chi connectivity index (χ4n) is 2.15. The molecular formula is C17H26O2. The standard InChI is InChI=1S/C17H26O2/c1-5-6-7-8-9-10-17(18)19-16-12-13(2)11-14(3)15(16)4/h11-12H,5-10H2,1-4H3. The Morgan fingerprint density at radius 1 is 1.05 bits per heavy atom. The molecule has 106 valence electrons. The number of unbranched alkanes of at least 4 members (excludes halogenated alkanes) is 4. The van der Waals surface area contributed by atoms with E-state index in [-0.39, 0.29) is 5.97 Å². The summed E-state index contributed by atoms with van der Waals surface area (Å²) >= 11 is 0. The highest BCUT2D eigenvalue weighted by Crippen LogP contribution is 2.23. The second-order valence-electron chi connectivity index (χ2n) is 5.34. The van der Waals surface area contributed by atoms with Crippen molar-refractivity contribution >= 4 is 5.97 Å². The second kappa shape index (κ2) is 7.98. The molecule has 0 aliphatic carbocycles. The van der Waals surface area contributed by atoms with Crippen molar-refractivity contribution in [2.45, 2.75) is 66.2 Å². The van der Waals surface area contributed by atoms with Crippen LogP contribution in [0.5, 0.6) is 5.75 Å². The summed E-state index contributed by atoms with van der Waals surface area (Å²) in [6.07, 6.45) is 6.28. The largest absolute Gasteiger partial charge is 0.426 e. The van der Waals surface area contributed by atoms with E-state index in [1.807, 2.05) is 26.8 Å². The Morgan fingerprint density at radius 2 is 1.74 bits per heavy atom. The van der Waals surface area contributed by atoms with Crippen LogP contribution in [0.15, 0.2) is 12.1 Å². The quantitative estimate of drug-likeness (QED) is 0.398. The third kappa shape index (κ3) is 5.46. The summed E-state index contributed by atoms with van der Waals surface area (Å²) in [6.45, 7) is 8.26. The molecule has 0 aromatic heterocycles. The van der Waals surface area contributed by atoms with Gasteiger partial charge in [0, 0.05) is 6.42 Å². The summed E-state index contributed by atoms with van der Waals surface area (Å²) in [5.41, 5.74) is 3.37. The molecule has 0 atom stereocenters. The topological polar surface area (TPSA) is 26.3 Å². The summed E-state index contributed by atoms with van der Waals surface area (Å²) in [7, 11) is 0. The van der Waals surface area contributed by atoms with Crippen LogP contribution < -0.4 is 4.74 Å². The fourth-order valence-corrected chi connectivity index (χ4v) is 2.15. The predicted octanol–water partition coefficient (Wildman–Crippen LogP) is 4.88. The smallest absolute Gasteiger partial charge is 0.311 e. The number of rotatable bonds is 7. The number of hydrogen-bond acceptors (Lipinski definition) is 2. The minimum atomic E-state index is -0.107. The Morgan fingerprint density at radius 3 is 2.42 bits per heavy atom. The number of ether oxygens (including phenoxy) is 1. The van der Waals surface area contributed by atoms with E-state index in [1.165, 1.54) is 24.8 Å². The van der Waals surface area contributed by atoms with Gasteiger partial charge in [0.1, 0.15) is 5.75 Å². The highest BCUT2D eigenvalue weighted by Gasteiger charge is 2.09. The molecule has 0 saturated carbocycles. The van der Waals surface area contributed by atoms with Gasteiger partial charge in [-0.25, -0.2) is 0 Å². The third-order valence-corrected chi connectivity index (χ3v) is 3.47. The fraction of sp³-hybridized carbons (Fsp3) is 0.588. The molecule has 2 heteroatoms. The van der Waals surface area contributed by atoms with Crippen LogP contribution in [0.4, 0.5) is 0 Å². The van der Waals surface area contributed by atoms with Gasteiger partial charge in [0.25, 0.3) is 0 Å². The first kappa shape index (κ1) is 15.7. The molecule has 0 bridgehead atoms. The van der Waals surface area contributed by atoms with Crippen LogP contribution in [0.3, 0.4) is 0 Å². The molecule has 0 unspecified atom stereocenters. The Labute approximate surface area is 117 Å². The maximum absolute atomic E-state index is 11.8. The lowest BCUT2D eigenvalue weighted by molar-refractivity contribution is -0.134. The van der Waals surface area contributed by atoms with Gasteiger partial charge < -0.3 is 4.74 Å². The number of esters is 1. The van der Waals surface area contributed by atoms with E-state index in [4.69, 9.17) is 4.74 Å². The SMILES string of the molecule is CCCCCCCC(=O)Oc1cc(C)cc(C)c1C. The number of carbonyl (C=O) groups excluding carboxylic acids is 1. The number of carbonyl (C=O) groups is 1. The van der Waals surface area contributed by atoms with Gasteiger partial charge in [-0.2, -0.15) is 0 Å². The van der Waals surface area contributed by atoms with Gasteiger partial charge in [0.15, 0.2) is 0 Å². The maximum Gasteiger partial charge on any atom is 0.311 e. The van der Waals surface area contributed by atoms with Gasteiger partial charge >= 0.3 is 5.97 Å². The van der Waals surface area contributed by atoms with Crippen molar-refractivity contribution in [3.8, 4) is 5.75 Å². The summed E-state index contributed by atoms with van der Waals surface area (Å²) in [5.74, 6) is 0.612. The third-order valence-electron chi connectivity index (χ3n) is 3.47. The summed E-state index contributed by atoms with van der Waals surface area (Å²) in [4.78, 5) is 11.8. The van der Waals surface area contributed by atoms with Gasteiger partial charge in [0.2, 0.25) is 0 Å². The van der Waals surface area contributed by atoms with Crippen LogP contribution >= 0.6 is 0 Å². The Hall–Kier alpha value is -1.31. The van der Waals surface area contributed by atoms with Crippen molar-refractivity contribution in [2.75, 3.05) is 0 Å². The molecule has 1 aromatic rings. The van der Waals surface area contributed by atoms with E-state index in [0.29, 0.717) is 6.42 Å². The van der Waals surface area contributed by atoms with Gasteiger partial charge in [-0.3, -0.25) is 4.79 Å². The first-order chi connectivity index (χ1) is 9.04. The van der Waals surface area contributed by atoms with Crippen LogP contribution in [0.25, 0.3) is 0 Å². The Balaban J connectivity index is 2.44. The molecule has 0 amide bonds. The first-order valence-electron chi connectivity index (χ1n) is 7.33. The molecule has 0 N–H and O–H groups in total. The Kier molecular flexibility index (Phi) is 6.61. The predicted molar refractivity (Wildman–Crippen MR) is 79.7 cm³/mol. The molecule has 0 aliphatic heterocycles. The lowest BCUT2D eigenvalue weighted by atomic mass is 10.1. The van der Waals surface area contributed by atoms with Crippen molar-refractivity contribution in [3.05, 3.63) is 28.8 Å². The van der Waals surface area contributed by atoms with Gasteiger partial charge in [-0.15, -0.1) is 0 Å². The van der Waals surface area contributed by atoms with Gasteiger partial charge in [0.05, 0.1) is 0 Å². The van der Waals surface area contributed by atoms with Crippen LogP contribution in [0.2, 0.25) is 0 Å². The molecule has 0 fully saturated rings. The van der Waals surface area contributed by atoms with Gasteiger partial charge in [-0.05, 0) is 49.9 Å². The summed E-state index contributed by atoms with van der Waals surface area (Å²) in [5, 5.41) is 0. The van der Waals surface area contributed by atoms with Crippen LogP contribution in [-0.2, 0) is 4.79 Å². The van der Waals surface area contributed by atoms with E-state index in [9.17, 15) is 4.79 Å². The molecule has 19 heavy (non-hydrogen) atoms. The van der Waals surface area contributed by atoms with E-state index >= 15 is 0 Å². The number of benzene rings is 1. The molecule has 0 heterocycles. The van der Waals surface area contributed by atoms with E-state index < -0.39 is 0 Å². The van der Waals surface area contributed by atoms with Gasteiger partial charge in [-0.1, -0.05) is 38.7 Å². The van der Waals surface area contributed by atoms with Crippen LogP contribution in [-0.4, -0.2) is 5.97 Å². The molecule has 1 rings (SSSR count). The zero-order valence-corrected chi connectivity index (χ0v) is 12.7. The lowest BCUT2D eigenvalue weighted by Gasteiger charge is -2.10. The molecular weight excluding hydrogens is 236 g/mol. The van der Waals surface area contributed by atoms with Crippen molar-refractivity contribution in [3.63, 3.8) is 0 Å². The van der Waals surface area contributed by atoms with Crippen LogP contribution in [0, 0.1) is 20.8 Å². The molecule has 0 spiro atoms. The molecule has 0 aliphatic rings. The van der Waals surface area contributed by atoms with Crippen molar-refractivity contribution in [1.29, 1.82) is 0 Å². The maximum atomic E-state index is 11.8. The van der Waals surface area contributed by atoms with Crippen LogP contribution in [0.1, 0.15) is 62.1 Å². The number of aryl methyl sites for hydroxylation is 2. The minimum absolute atomic E-state index is 0.107. The normalized spacial score (nSPS) is 10.5. The minimum Gasteiger partial charge on any atom is -0.426 e. The van der Waals surface area contributed by atoms with Crippen molar-refractivity contribution in [1.82, 2.24) is 0 Å². The van der Waals surface area contributed by atoms with Crippen molar-refractivity contribution < 1.29 is 9.53 Å². The Bertz CT molecular complexity index is 422. The second-order valence-corrected chi connectivity index (χ2v) is 5.34. The molecule has 0 saturated heterocycles.